The molecule has 0 radical (unpaired) electrons. The van der Waals surface area contributed by atoms with Crippen LogP contribution < -0.4 is 5.73 Å². The minimum atomic E-state index is 0. The largest absolute Gasteiger partial charge is 0.381 e. The van der Waals surface area contributed by atoms with Crippen molar-refractivity contribution in [2.45, 2.75) is 12.5 Å². The quantitative estimate of drug-likeness (QED) is 0.657. The lowest BCUT2D eigenvalue weighted by Gasteiger charge is -2.26. The third kappa shape index (κ3) is 1.74. The summed E-state index contributed by atoms with van der Waals surface area (Å²) in [6.45, 7) is 3.29. The Kier molecular flexibility index (Phi) is 3.77. The fourth-order valence-electron chi connectivity index (χ4n) is 2.09. The topological polar surface area (TPSA) is 44.5 Å². The molecule has 2 rings (SSSR count). The van der Waals surface area contributed by atoms with Crippen LogP contribution in [-0.2, 0) is 9.47 Å². The van der Waals surface area contributed by atoms with E-state index in [4.69, 9.17) is 15.2 Å². The van der Waals surface area contributed by atoms with Crippen LogP contribution in [0.5, 0.6) is 0 Å². The lowest BCUT2D eigenvalue weighted by Crippen LogP contribution is -2.33. The molecular weight excluding hydrogens is 178 g/mol. The van der Waals surface area contributed by atoms with Crippen LogP contribution in [0.15, 0.2) is 0 Å². The zero-order valence-electron chi connectivity index (χ0n) is 7.07. The first kappa shape index (κ1) is 10.3. The van der Waals surface area contributed by atoms with Crippen molar-refractivity contribution < 1.29 is 9.47 Å². The molecule has 2 N–H and O–H groups in total. The van der Waals surface area contributed by atoms with E-state index in [1.165, 1.54) is 0 Å². The second kappa shape index (κ2) is 4.42. The van der Waals surface area contributed by atoms with Gasteiger partial charge in [0.2, 0.25) is 0 Å². The highest BCUT2D eigenvalue weighted by atomic mass is 35.5. The zero-order valence-corrected chi connectivity index (χ0v) is 7.89. The Morgan fingerprint density at radius 2 is 2.17 bits per heavy atom. The van der Waals surface area contributed by atoms with Crippen molar-refractivity contribution in [1.29, 1.82) is 0 Å². The van der Waals surface area contributed by atoms with Gasteiger partial charge in [-0.25, -0.2) is 0 Å². The smallest absolute Gasteiger partial charge is 0.0730 e. The van der Waals surface area contributed by atoms with Gasteiger partial charge in [0.25, 0.3) is 0 Å². The molecule has 0 amide bonds. The summed E-state index contributed by atoms with van der Waals surface area (Å²) < 4.78 is 10.9. The van der Waals surface area contributed by atoms with Crippen LogP contribution in [0.3, 0.4) is 0 Å². The first-order valence-electron chi connectivity index (χ1n) is 4.31. The second-order valence-corrected chi connectivity index (χ2v) is 3.40. The molecule has 3 nitrogen and oxygen atoms in total. The molecule has 0 unspecified atom stereocenters. The predicted octanol–water partition coefficient (Wildman–Crippen LogP) is 0.418. The van der Waals surface area contributed by atoms with Crippen LogP contribution >= 0.6 is 12.4 Å². The van der Waals surface area contributed by atoms with Crippen LogP contribution in [-0.4, -0.2) is 32.5 Å². The summed E-state index contributed by atoms with van der Waals surface area (Å²) in [5, 5.41) is 0. The average molecular weight is 194 g/mol. The summed E-state index contributed by atoms with van der Waals surface area (Å²) in [4.78, 5) is 0. The molecule has 4 heteroatoms. The molecule has 0 aliphatic carbocycles. The maximum Gasteiger partial charge on any atom is 0.0730 e. The van der Waals surface area contributed by atoms with Crippen LogP contribution in [0.1, 0.15) is 6.42 Å². The number of hydrogen-bond acceptors (Lipinski definition) is 3. The molecule has 3 atom stereocenters. The fraction of sp³-hybridized carbons (Fsp3) is 1.00. The molecule has 2 heterocycles. The Bertz CT molecular complexity index is 139. The van der Waals surface area contributed by atoms with E-state index in [2.05, 4.69) is 0 Å². The average Bonchev–Trinajstić information content (AvgIpc) is 2.47. The first-order valence-corrected chi connectivity index (χ1v) is 4.31. The van der Waals surface area contributed by atoms with Crippen molar-refractivity contribution in [3.8, 4) is 0 Å². The summed E-state index contributed by atoms with van der Waals surface area (Å²) >= 11 is 0. The highest BCUT2D eigenvalue weighted by molar-refractivity contribution is 5.85. The van der Waals surface area contributed by atoms with Crippen LogP contribution in [0.25, 0.3) is 0 Å². The molecule has 72 valence electrons. The summed E-state index contributed by atoms with van der Waals surface area (Å²) in [6.07, 6.45) is 1.44. The number of hydrogen-bond donors (Lipinski definition) is 1. The Morgan fingerprint density at radius 1 is 1.33 bits per heavy atom. The molecule has 0 spiro atoms. The van der Waals surface area contributed by atoms with Crippen molar-refractivity contribution in [2.24, 2.45) is 17.6 Å². The van der Waals surface area contributed by atoms with Gasteiger partial charge in [-0.05, 0) is 12.3 Å². The van der Waals surface area contributed by atoms with Gasteiger partial charge in [-0.1, -0.05) is 0 Å². The lowest BCUT2D eigenvalue weighted by molar-refractivity contribution is 0.0297. The lowest BCUT2D eigenvalue weighted by atomic mass is 9.87. The van der Waals surface area contributed by atoms with E-state index < -0.39 is 0 Å². The van der Waals surface area contributed by atoms with Crippen LogP contribution in [0.2, 0.25) is 0 Å². The molecule has 2 saturated heterocycles. The number of rotatable bonds is 1. The minimum absolute atomic E-state index is 0. The highest BCUT2D eigenvalue weighted by Crippen LogP contribution is 2.32. The molecule has 2 aliphatic rings. The monoisotopic (exact) mass is 193 g/mol. The Morgan fingerprint density at radius 3 is 2.92 bits per heavy atom. The third-order valence-electron chi connectivity index (χ3n) is 2.77. The minimum Gasteiger partial charge on any atom is -0.381 e. The Balaban J connectivity index is 0.000000720. The summed E-state index contributed by atoms with van der Waals surface area (Å²) in [7, 11) is 0. The highest BCUT2D eigenvalue weighted by Gasteiger charge is 2.38. The summed E-state index contributed by atoms with van der Waals surface area (Å²) in [6, 6.07) is 0. The third-order valence-corrected chi connectivity index (χ3v) is 2.77. The Hall–Kier alpha value is 0.170. The van der Waals surface area contributed by atoms with Crippen molar-refractivity contribution in [3.05, 3.63) is 0 Å². The molecule has 2 aliphatic heterocycles. The van der Waals surface area contributed by atoms with Gasteiger partial charge in [0.1, 0.15) is 0 Å². The Labute approximate surface area is 79.0 Å². The number of nitrogens with two attached hydrogens (primary N) is 1. The van der Waals surface area contributed by atoms with Crippen LogP contribution in [0.4, 0.5) is 0 Å². The number of halogens is 1. The van der Waals surface area contributed by atoms with Gasteiger partial charge in [0.05, 0.1) is 19.3 Å². The van der Waals surface area contributed by atoms with Crippen molar-refractivity contribution in [1.82, 2.24) is 0 Å². The fourth-order valence-corrected chi connectivity index (χ4v) is 2.09. The van der Waals surface area contributed by atoms with Crippen molar-refractivity contribution in [3.63, 3.8) is 0 Å². The summed E-state index contributed by atoms with van der Waals surface area (Å²) in [5.41, 5.74) is 5.57. The second-order valence-electron chi connectivity index (χ2n) is 3.40. The van der Waals surface area contributed by atoms with Gasteiger partial charge >= 0.3 is 0 Å². The number of fused-ring (bicyclic) bond motifs is 1. The van der Waals surface area contributed by atoms with Gasteiger partial charge in [0.15, 0.2) is 0 Å². The van der Waals surface area contributed by atoms with E-state index in [9.17, 15) is 0 Å². The molecule has 12 heavy (non-hydrogen) atoms. The van der Waals surface area contributed by atoms with Gasteiger partial charge in [-0.15, -0.1) is 12.4 Å². The van der Waals surface area contributed by atoms with Gasteiger partial charge in [-0.3, -0.25) is 0 Å². The van der Waals surface area contributed by atoms with Crippen LogP contribution in [0, 0.1) is 11.8 Å². The normalized spacial score (nSPS) is 40.2. The maximum atomic E-state index is 5.57. The van der Waals surface area contributed by atoms with E-state index in [0.717, 1.165) is 26.2 Å². The first-order chi connectivity index (χ1) is 5.42. The molecular formula is C8H16ClNO2. The van der Waals surface area contributed by atoms with Gasteiger partial charge in [0, 0.05) is 19.1 Å². The summed E-state index contributed by atoms with van der Waals surface area (Å²) in [5.74, 6) is 1.30. The van der Waals surface area contributed by atoms with Gasteiger partial charge < -0.3 is 15.2 Å². The van der Waals surface area contributed by atoms with E-state index in [1.807, 2.05) is 0 Å². The van der Waals surface area contributed by atoms with E-state index in [-0.39, 0.29) is 12.4 Å². The van der Waals surface area contributed by atoms with E-state index in [0.29, 0.717) is 24.5 Å². The molecule has 0 aromatic heterocycles. The molecule has 0 aromatic carbocycles. The molecule has 0 bridgehead atoms. The van der Waals surface area contributed by atoms with Gasteiger partial charge in [-0.2, -0.15) is 0 Å². The zero-order chi connectivity index (χ0) is 7.68. The number of ether oxygens (including phenoxy) is 2. The van der Waals surface area contributed by atoms with Crippen molar-refractivity contribution >= 4 is 12.4 Å². The van der Waals surface area contributed by atoms with E-state index in [1.54, 1.807) is 0 Å². The SMILES string of the molecule is Cl.NC[C@H]1OC[C@H]2COCC[C@H]21. The van der Waals surface area contributed by atoms with E-state index >= 15 is 0 Å². The van der Waals surface area contributed by atoms with Crippen molar-refractivity contribution in [2.75, 3.05) is 26.4 Å². The molecule has 0 saturated carbocycles. The standard InChI is InChI=1S/C8H15NO2.ClH/c9-3-8-7-1-2-10-4-6(7)5-11-8;/h6-8H,1-5,9H2;1H/t6-,7-,8-;/m1./s1. The molecule has 0 aromatic rings. The molecule has 2 fully saturated rings. The predicted molar refractivity (Wildman–Crippen MR) is 48.5 cm³/mol. The maximum absolute atomic E-state index is 5.57.